The third kappa shape index (κ3) is 26.5. The van der Waals surface area contributed by atoms with Gasteiger partial charge < -0.3 is 88.4 Å². The zero-order valence-electron chi connectivity index (χ0n) is 39.2. The maximum atomic E-state index is 14.2. The van der Waals surface area contributed by atoms with Gasteiger partial charge in [0.15, 0.2) is 0 Å². The molecular formula is C41H67FeN9O20. The van der Waals surface area contributed by atoms with E-state index in [1.54, 1.807) is 0 Å². The summed E-state index contributed by atoms with van der Waals surface area (Å²) < 4.78 is 0. The average molecular weight is 1060 g/mol. The summed E-state index contributed by atoms with van der Waals surface area (Å²) >= 11 is 0. The Morgan fingerprint density at radius 2 is 0.775 bits per heavy atom. The molecule has 0 bridgehead atoms. The molecule has 8 unspecified atom stereocenters. The summed E-state index contributed by atoms with van der Waals surface area (Å²) in [5.41, 5.74) is 0.536. The van der Waals surface area contributed by atoms with Gasteiger partial charge in [-0.05, 0) is 77.5 Å². The first kappa shape index (κ1) is 65.5. The van der Waals surface area contributed by atoms with Gasteiger partial charge in [0.05, 0.1) is 39.0 Å². The molecule has 0 aromatic carbocycles. The summed E-state index contributed by atoms with van der Waals surface area (Å²) in [4.78, 5) is 114. The topological polar surface area (TPSA) is 458 Å². The molecule has 404 valence electrons. The summed E-state index contributed by atoms with van der Waals surface area (Å²) in [6.45, 7) is -0.103. The van der Waals surface area contributed by atoms with E-state index >= 15 is 0 Å². The minimum absolute atomic E-state index is 0. The van der Waals surface area contributed by atoms with Crippen LogP contribution < -0.4 is 31.9 Å². The zero-order valence-corrected chi connectivity index (χ0v) is 40.4. The van der Waals surface area contributed by atoms with Crippen molar-refractivity contribution in [2.45, 2.75) is 127 Å². The Kier molecular flexibility index (Phi) is 31.4. The number of hydrogen-bond donors (Lipinski definition) is 17. The third-order valence-corrected chi connectivity index (χ3v) is 10.1. The summed E-state index contributed by atoms with van der Waals surface area (Å²) in [6, 6.07) is -8.55. The molecule has 1 rings (SSSR count). The molecule has 0 aliphatic carbocycles. The Hall–Kier alpha value is -5.47. The van der Waals surface area contributed by atoms with Crippen LogP contribution in [0.15, 0.2) is 34.9 Å². The van der Waals surface area contributed by atoms with Gasteiger partial charge in [-0.25, -0.2) is 0 Å². The van der Waals surface area contributed by atoms with Crippen LogP contribution >= 0.6 is 0 Å². The number of nitrogens with zero attached hydrogens (tertiary/aromatic N) is 3. The number of aliphatic carboxylic acids is 3. The van der Waals surface area contributed by atoms with Crippen molar-refractivity contribution in [1.29, 1.82) is 0 Å². The fourth-order valence-electron chi connectivity index (χ4n) is 6.50. The monoisotopic (exact) mass is 1060 g/mol. The smallest absolute Gasteiger partial charge is 0.307 e. The summed E-state index contributed by atoms with van der Waals surface area (Å²) in [6.07, 6.45) is -5.21. The van der Waals surface area contributed by atoms with Crippen molar-refractivity contribution >= 4 is 53.4 Å². The molecule has 8 atom stereocenters. The molecule has 0 aromatic heterocycles. The van der Waals surface area contributed by atoms with Crippen molar-refractivity contribution in [2.75, 3.05) is 39.4 Å². The van der Waals surface area contributed by atoms with Crippen LogP contribution in [0.1, 0.15) is 78.6 Å². The van der Waals surface area contributed by atoms with E-state index in [1.165, 1.54) is 20.8 Å². The Morgan fingerprint density at radius 3 is 1.07 bits per heavy atom. The number of hydroxylamine groups is 6. The molecule has 0 saturated carbocycles. The molecule has 1 fully saturated rings. The van der Waals surface area contributed by atoms with Crippen LogP contribution in [-0.2, 0) is 60.2 Å². The second-order valence-electron chi connectivity index (χ2n) is 16.4. The third-order valence-electron chi connectivity index (χ3n) is 10.1. The second-order valence-corrected chi connectivity index (χ2v) is 16.4. The number of amides is 6. The van der Waals surface area contributed by atoms with Crippen LogP contribution in [0.5, 0.6) is 0 Å². The molecule has 0 radical (unpaired) electrons. The first-order valence-corrected chi connectivity index (χ1v) is 21.9. The van der Waals surface area contributed by atoms with Gasteiger partial charge in [-0.15, -0.1) is 0 Å². The molecule has 1 aliphatic rings. The van der Waals surface area contributed by atoms with E-state index in [-0.39, 0.29) is 59.5 Å². The number of hydrogen-bond acceptors (Lipinski definition) is 20. The van der Waals surface area contributed by atoms with Gasteiger partial charge in [-0.2, -0.15) is 15.2 Å². The Balaban J connectivity index is 0.0000490. The SMILES string of the molecule is CC(=CC(O)N(O)CCCC1NC(=O)CNC(=O)C(CO)NC(=O)C(CO)NC(=O)C(CCCN(O)C(O)C=C(C)CC(=O)O)NC(=O)C(CCCN(O)C(O)C=C(C)CC(=O)O)NC1=O)CC(=O)O.[Fe]. The van der Waals surface area contributed by atoms with E-state index in [0.29, 0.717) is 15.2 Å². The number of aliphatic hydroxyl groups excluding tert-OH is 5. The Bertz CT molecular complexity index is 1910. The van der Waals surface area contributed by atoms with Crippen LogP contribution in [0, 0.1) is 0 Å². The van der Waals surface area contributed by atoms with Crippen LogP contribution in [0.2, 0.25) is 0 Å². The number of aliphatic hydroxyl groups is 5. The van der Waals surface area contributed by atoms with Gasteiger partial charge in [-0.3, -0.25) is 43.2 Å². The molecule has 1 aliphatic heterocycles. The largest absolute Gasteiger partial charge is 0.481 e. The molecule has 0 spiro atoms. The number of carbonyl (C=O) groups is 9. The minimum atomic E-state index is -1.83. The minimum Gasteiger partial charge on any atom is -0.481 e. The van der Waals surface area contributed by atoms with Crippen molar-refractivity contribution in [3.63, 3.8) is 0 Å². The molecule has 29 nitrogen and oxygen atoms in total. The molecule has 17 N–H and O–H groups in total. The van der Waals surface area contributed by atoms with Gasteiger partial charge in [0.1, 0.15) is 48.9 Å². The number of nitrogens with one attached hydrogen (secondary N) is 6. The van der Waals surface area contributed by atoms with E-state index < -0.39 is 174 Å². The average Bonchev–Trinajstić information content (AvgIpc) is 3.26. The molecule has 30 heteroatoms. The molecule has 0 aromatic rings. The predicted octanol–water partition coefficient (Wildman–Crippen LogP) is -4.85. The maximum absolute atomic E-state index is 14.2. The second kappa shape index (κ2) is 34.0. The van der Waals surface area contributed by atoms with Crippen molar-refractivity contribution in [3.05, 3.63) is 34.9 Å². The Morgan fingerprint density at radius 1 is 0.507 bits per heavy atom. The Labute approximate surface area is 417 Å². The van der Waals surface area contributed by atoms with Crippen LogP contribution in [0.25, 0.3) is 0 Å². The van der Waals surface area contributed by atoms with E-state index in [4.69, 9.17) is 15.3 Å². The number of carbonyl (C=O) groups excluding carboxylic acids is 6. The van der Waals surface area contributed by atoms with E-state index in [1.807, 2.05) is 0 Å². The number of carboxylic acids is 3. The molecule has 1 saturated heterocycles. The summed E-state index contributed by atoms with van der Waals surface area (Å²) in [5, 5.41) is 124. The van der Waals surface area contributed by atoms with Crippen molar-refractivity contribution in [1.82, 2.24) is 47.1 Å². The van der Waals surface area contributed by atoms with Gasteiger partial charge in [0.2, 0.25) is 35.4 Å². The zero-order chi connectivity index (χ0) is 53.2. The van der Waals surface area contributed by atoms with Gasteiger partial charge in [-0.1, -0.05) is 16.7 Å². The van der Waals surface area contributed by atoms with E-state index in [2.05, 4.69) is 31.9 Å². The van der Waals surface area contributed by atoms with Gasteiger partial charge >= 0.3 is 17.9 Å². The standard InChI is InChI=1S/C41H67N9O20.Fe/c1-22(16-34(57)58)13-31(54)48(68)10-4-7-25-38(64)44-26(8-5-11-49(69)32(55)14-23(2)17-35(59)60)39(65)45-27(9-6-12-50(70)33(56)15-24(3)18-36(61)62)40(66)47-29(21-52)41(67)46-28(20-51)37(63)42-19-30(53)43-25;/h13-15,25-29,31-33,51-52,54-56,68-70H,4-12,16-21H2,1-3H3,(H,42,63)(H,43,53)(H,44,64)(H,45,65)(H,46,67)(H,47,66)(H,57,58)(H,59,60)(H,61,62);. The molecule has 1 heterocycles. The van der Waals surface area contributed by atoms with Crippen molar-refractivity contribution in [3.8, 4) is 0 Å². The van der Waals surface area contributed by atoms with Gasteiger partial charge in [0, 0.05) is 36.7 Å². The predicted molar refractivity (Wildman–Crippen MR) is 236 cm³/mol. The van der Waals surface area contributed by atoms with Crippen molar-refractivity contribution in [2.24, 2.45) is 0 Å². The first-order valence-electron chi connectivity index (χ1n) is 21.9. The molecular weight excluding hydrogens is 994 g/mol. The summed E-state index contributed by atoms with van der Waals surface area (Å²) in [7, 11) is 0. The van der Waals surface area contributed by atoms with Crippen LogP contribution in [-0.4, -0.2) is 213 Å². The fraction of sp³-hybridized carbons (Fsp3) is 0.634. The van der Waals surface area contributed by atoms with E-state index in [9.17, 15) is 84.3 Å². The van der Waals surface area contributed by atoms with Crippen LogP contribution in [0.3, 0.4) is 0 Å². The molecule has 71 heavy (non-hydrogen) atoms. The summed E-state index contributed by atoms with van der Waals surface area (Å²) in [5.74, 6) is -10.3. The van der Waals surface area contributed by atoms with Gasteiger partial charge in [0.25, 0.3) is 0 Å². The normalized spacial score (nSPS) is 21.9. The van der Waals surface area contributed by atoms with Crippen molar-refractivity contribution < 1.29 is 117 Å². The van der Waals surface area contributed by atoms with E-state index in [0.717, 1.165) is 18.2 Å². The maximum Gasteiger partial charge on any atom is 0.307 e. The van der Waals surface area contributed by atoms with Crippen LogP contribution in [0.4, 0.5) is 0 Å². The molecule has 6 amide bonds. The fourth-order valence-corrected chi connectivity index (χ4v) is 6.50. The number of carboxylic acid groups (broad SMARTS) is 3. The number of rotatable bonds is 26. The first-order chi connectivity index (χ1) is 32.8. The quantitative estimate of drug-likeness (QED) is 0.0167.